The van der Waals surface area contributed by atoms with E-state index in [2.05, 4.69) is 117 Å². The van der Waals surface area contributed by atoms with Gasteiger partial charge in [0.2, 0.25) is 0 Å². The summed E-state index contributed by atoms with van der Waals surface area (Å²) in [6.07, 6.45) is 0. The number of pyridine rings is 2. The zero-order valence-corrected chi connectivity index (χ0v) is 26.7. The Bertz CT molecular complexity index is 2980. The van der Waals surface area contributed by atoms with Crippen molar-refractivity contribution in [3.63, 3.8) is 0 Å². The third kappa shape index (κ3) is 3.42. The number of para-hydroxylation sites is 5. The van der Waals surface area contributed by atoms with Gasteiger partial charge in [-0.2, -0.15) is 0 Å². The van der Waals surface area contributed by atoms with E-state index in [0.29, 0.717) is 27.1 Å². The maximum Gasteiger partial charge on any atom is 0.253 e. The minimum absolute atomic E-state index is 0.0565. The molecule has 2 aliphatic heterocycles. The molecule has 6 heteroatoms. The molecule has 50 heavy (non-hydrogen) atoms. The summed E-state index contributed by atoms with van der Waals surface area (Å²) in [4.78, 5) is 33.7. The van der Waals surface area contributed by atoms with Crippen LogP contribution in [0.3, 0.4) is 0 Å². The van der Waals surface area contributed by atoms with Crippen LogP contribution >= 0.6 is 0 Å². The molecule has 0 saturated carbocycles. The minimum atomic E-state index is -0.224. The third-order valence-corrected chi connectivity index (χ3v) is 10.7. The first-order chi connectivity index (χ1) is 24.7. The Balaban J connectivity index is 1.37. The molecule has 2 aromatic heterocycles. The highest BCUT2D eigenvalue weighted by atomic mass is 16.1. The second kappa shape index (κ2) is 9.94. The molecule has 9 aromatic rings. The van der Waals surface area contributed by atoms with E-state index in [0.717, 1.165) is 61.5 Å². The maximum atomic E-state index is 15.2. The number of fused-ring (bicyclic) bond motifs is 9. The van der Waals surface area contributed by atoms with E-state index in [1.54, 1.807) is 0 Å². The normalized spacial score (nSPS) is 13.2. The van der Waals surface area contributed by atoms with E-state index in [9.17, 15) is 4.79 Å². The van der Waals surface area contributed by atoms with Gasteiger partial charge < -0.3 is 14.2 Å². The molecule has 0 radical (unpaired) electrons. The summed E-state index contributed by atoms with van der Waals surface area (Å²) in [5.41, 5.74) is 11.7. The van der Waals surface area contributed by atoms with Gasteiger partial charge >= 0.3 is 0 Å². The van der Waals surface area contributed by atoms with Crippen molar-refractivity contribution in [2.75, 3.05) is 9.80 Å². The van der Waals surface area contributed by atoms with Gasteiger partial charge in [0.25, 0.3) is 6.71 Å². The number of hydrogen-bond acceptors (Lipinski definition) is 4. The number of hydrogen-bond donors (Lipinski definition) is 0. The van der Waals surface area contributed by atoms with E-state index < -0.39 is 0 Å². The molecule has 0 amide bonds. The van der Waals surface area contributed by atoms with Crippen LogP contribution in [0.5, 0.6) is 0 Å². The zero-order valence-electron chi connectivity index (χ0n) is 26.7. The van der Waals surface area contributed by atoms with Gasteiger partial charge in [-0.15, -0.1) is 0 Å². The molecule has 232 valence electrons. The lowest BCUT2D eigenvalue weighted by molar-refractivity contribution is 1.25. The standard InChI is InChI=1S/C44H26BN3O2/c49-43-29-17-7-9-21-33(29)48-35-25-26-38-41(39(35)44(50)31-19-11-18-30(43)42(31)48)45-32-20-8-10-22-34(32)46(27-13-3-1-4-14-27)36-23-12-24-37(40(36)45)47(38)28-15-5-2-6-16-28/h1-26H. The smallest absolute Gasteiger partial charge is 0.253 e. The summed E-state index contributed by atoms with van der Waals surface area (Å²) < 4.78 is 2.15. The predicted molar refractivity (Wildman–Crippen MR) is 208 cm³/mol. The first kappa shape index (κ1) is 27.3. The van der Waals surface area contributed by atoms with Crippen LogP contribution in [-0.2, 0) is 0 Å². The van der Waals surface area contributed by atoms with Crippen molar-refractivity contribution in [1.29, 1.82) is 0 Å². The van der Waals surface area contributed by atoms with Crippen molar-refractivity contribution in [1.82, 2.24) is 4.40 Å². The van der Waals surface area contributed by atoms with Crippen molar-refractivity contribution >= 4 is 95.3 Å². The van der Waals surface area contributed by atoms with Crippen LogP contribution in [0.2, 0.25) is 0 Å². The number of anilines is 6. The average molecular weight is 640 g/mol. The van der Waals surface area contributed by atoms with Gasteiger partial charge in [-0.3, -0.25) is 9.59 Å². The second-order valence-corrected chi connectivity index (χ2v) is 13.1. The quantitative estimate of drug-likeness (QED) is 0.111. The largest absolute Gasteiger partial charge is 0.311 e. The van der Waals surface area contributed by atoms with Crippen LogP contribution in [-0.4, -0.2) is 11.1 Å². The molecule has 0 bridgehead atoms. The monoisotopic (exact) mass is 639 g/mol. The second-order valence-electron chi connectivity index (χ2n) is 13.1. The summed E-state index contributed by atoms with van der Waals surface area (Å²) in [6, 6.07) is 53.6. The topological polar surface area (TPSA) is 45.0 Å². The molecule has 0 atom stereocenters. The molecule has 7 aromatic carbocycles. The van der Waals surface area contributed by atoms with E-state index in [4.69, 9.17) is 0 Å². The van der Waals surface area contributed by atoms with Crippen molar-refractivity contribution < 1.29 is 0 Å². The summed E-state index contributed by atoms with van der Waals surface area (Å²) >= 11 is 0. The van der Waals surface area contributed by atoms with E-state index >= 15 is 4.79 Å². The lowest BCUT2D eigenvalue weighted by Gasteiger charge is -2.44. The number of aromatic nitrogens is 1. The Kier molecular flexibility index (Phi) is 5.43. The molecule has 5 nitrogen and oxygen atoms in total. The molecule has 0 N–H and O–H groups in total. The lowest BCUT2D eigenvalue weighted by atomic mass is 9.33. The Morgan fingerprint density at radius 3 is 1.68 bits per heavy atom. The molecule has 0 unspecified atom stereocenters. The molecule has 0 saturated heterocycles. The first-order valence-electron chi connectivity index (χ1n) is 16.9. The number of benzene rings is 7. The molecule has 4 heterocycles. The number of rotatable bonds is 2. The van der Waals surface area contributed by atoms with E-state index in [-0.39, 0.29) is 17.6 Å². The van der Waals surface area contributed by atoms with Crippen molar-refractivity contribution in [2.45, 2.75) is 0 Å². The highest BCUT2D eigenvalue weighted by Gasteiger charge is 2.44. The van der Waals surface area contributed by atoms with E-state index in [1.165, 1.54) is 0 Å². The Labute approximate surface area is 286 Å². The van der Waals surface area contributed by atoms with Gasteiger partial charge in [0.1, 0.15) is 0 Å². The molecule has 11 rings (SSSR count). The maximum absolute atomic E-state index is 15.2. The van der Waals surface area contributed by atoms with E-state index in [1.807, 2.05) is 54.6 Å². The average Bonchev–Trinajstić information content (AvgIpc) is 3.18. The van der Waals surface area contributed by atoms with Gasteiger partial charge in [-0.1, -0.05) is 78.9 Å². The van der Waals surface area contributed by atoms with Gasteiger partial charge in [0, 0.05) is 55.7 Å². The molecule has 0 fully saturated rings. The summed E-state index contributed by atoms with van der Waals surface area (Å²) in [7, 11) is 0. The van der Waals surface area contributed by atoms with Crippen LogP contribution in [0.25, 0.3) is 38.1 Å². The molecular weight excluding hydrogens is 613 g/mol. The van der Waals surface area contributed by atoms with Crippen LogP contribution in [0.15, 0.2) is 167 Å². The van der Waals surface area contributed by atoms with Crippen LogP contribution in [0, 0.1) is 0 Å². The Morgan fingerprint density at radius 2 is 0.940 bits per heavy atom. The molecule has 0 aliphatic carbocycles. The molecule has 2 aliphatic rings. The minimum Gasteiger partial charge on any atom is -0.311 e. The fourth-order valence-electron chi connectivity index (χ4n) is 8.76. The van der Waals surface area contributed by atoms with Crippen LogP contribution in [0.1, 0.15) is 0 Å². The highest BCUT2D eigenvalue weighted by molar-refractivity contribution is 7.01. The Hall–Kier alpha value is -6.66. The fourth-order valence-corrected chi connectivity index (χ4v) is 8.76. The molecule has 0 spiro atoms. The van der Waals surface area contributed by atoms with Crippen molar-refractivity contribution in [3.05, 3.63) is 178 Å². The van der Waals surface area contributed by atoms with Crippen molar-refractivity contribution in [2.24, 2.45) is 0 Å². The zero-order chi connectivity index (χ0) is 33.1. The van der Waals surface area contributed by atoms with Gasteiger partial charge in [0.15, 0.2) is 10.9 Å². The lowest BCUT2D eigenvalue weighted by Crippen LogP contribution is -2.62. The van der Waals surface area contributed by atoms with Gasteiger partial charge in [0.05, 0.1) is 16.6 Å². The Morgan fingerprint density at radius 1 is 0.400 bits per heavy atom. The third-order valence-electron chi connectivity index (χ3n) is 10.7. The predicted octanol–water partition coefficient (Wildman–Crippen LogP) is 7.64. The number of nitrogens with zero attached hydrogens (tertiary/aromatic N) is 3. The van der Waals surface area contributed by atoms with Crippen LogP contribution in [0.4, 0.5) is 34.1 Å². The summed E-state index contributed by atoms with van der Waals surface area (Å²) in [6.45, 7) is -0.224. The van der Waals surface area contributed by atoms with Crippen molar-refractivity contribution in [3.8, 4) is 0 Å². The first-order valence-corrected chi connectivity index (χ1v) is 16.9. The van der Waals surface area contributed by atoms with Crippen LogP contribution < -0.4 is 37.0 Å². The summed E-state index contributed by atoms with van der Waals surface area (Å²) in [5, 5.41) is 2.41. The van der Waals surface area contributed by atoms with Gasteiger partial charge in [-0.05, 0) is 95.3 Å². The van der Waals surface area contributed by atoms with Gasteiger partial charge in [-0.25, -0.2) is 0 Å². The fraction of sp³-hybridized carbons (Fsp3) is 0. The molecular formula is C44H26BN3O2. The summed E-state index contributed by atoms with van der Waals surface area (Å²) in [5.74, 6) is 0. The SMILES string of the molecule is O=c1c2ccccc2n2c3ccc4c(c3c(=O)c3cccc1c32)B1c2ccccc2N(c2ccccc2)c2cccc(c21)N4c1ccccc1. The highest BCUT2D eigenvalue weighted by Crippen LogP contribution is 2.44.